The lowest BCUT2D eigenvalue weighted by Gasteiger charge is -2.22. The molecule has 1 fully saturated rings. The molecule has 1 unspecified atom stereocenters. The van der Waals surface area contributed by atoms with Gasteiger partial charge in [-0.2, -0.15) is 0 Å². The molecule has 0 radical (unpaired) electrons. The van der Waals surface area contributed by atoms with Crippen molar-refractivity contribution in [1.82, 2.24) is 5.32 Å². The van der Waals surface area contributed by atoms with E-state index in [2.05, 4.69) is 36.5 Å². The summed E-state index contributed by atoms with van der Waals surface area (Å²) >= 11 is 2.03. The summed E-state index contributed by atoms with van der Waals surface area (Å²) in [7, 11) is 0. The first-order valence-corrected chi connectivity index (χ1v) is 6.17. The summed E-state index contributed by atoms with van der Waals surface area (Å²) in [5.74, 6) is 0. The van der Waals surface area contributed by atoms with Gasteiger partial charge in [-0.3, -0.25) is 0 Å². The summed E-state index contributed by atoms with van der Waals surface area (Å²) in [6.07, 6.45) is 2.68. The van der Waals surface area contributed by atoms with Crippen molar-refractivity contribution in [2.24, 2.45) is 0 Å². The number of piperidine rings is 1. The van der Waals surface area contributed by atoms with Gasteiger partial charge in [0.05, 0.1) is 0 Å². The zero-order chi connectivity index (χ0) is 9.80. The predicted octanol–water partition coefficient (Wildman–Crippen LogP) is 2.84. The Kier molecular flexibility index (Phi) is 3.49. The van der Waals surface area contributed by atoms with Crippen LogP contribution in [0.1, 0.15) is 18.4 Å². The quantitative estimate of drug-likeness (QED) is 0.800. The van der Waals surface area contributed by atoms with Gasteiger partial charge in [0.25, 0.3) is 0 Å². The van der Waals surface area contributed by atoms with Gasteiger partial charge in [0.15, 0.2) is 0 Å². The van der Waals surface area contributed by atoms with Gasteiger partial charge in [-0.05, 0) is 37.9 Å². The van der Waals surface area contributed by atoms with E-state index in [0.717, 1.165) is 5.25 Å². The molecule has 1 nitrogen and oxygen atoms in total. The molecule has 0 aromatic heterocycles. The second kappa shape index (κ2) is 4.85. The van der Waals surface area contributed by atoms with Gasteiger partial charge in [0.1, 0.15) is 0 Å². The van der Waals surface area contributed by atoms with Crippen LogP contribution in [0, 0.1) is 6.92 Å². The normalized spacial score (nSPS) is 22.2. The highest BCUT2D eigenvalue weighted by Gasteiger charge is 2.14. The topological polar surface area (TPSA) is 12.0 Å². The van der Waals surface area contributed by atoms with E-state index in [-0.39, 0.29) is 0 Å². The Hall–Kier alpha value is -0.470. The van der Waals surface area contributed by atoms with Crippen molar-refractivity contribution in [2.75, 3.05) is 13.1 Å². The minimum atomic E-state index is 0.768. The molecule has 0 amide bonds. The number of hydrogen-bond acceptors (Lipinski definition) is 2. The fourth-order valence-corrected chi connectivity index (χ4v) is 3.04. The van der Waals surface area contributed by atoms with Gasteiger partial charge in [-0.25, -0.2) is 0 Å². The Bertz CT molecular complexity index is 292. The molecule has 2 rings (SSSR count). The molecule has 0 bridgehead atoms. The van der Waals surface area contributed by atoms with Gasteiger partial charge in [0, 0.05) is 16.7 Å². The average Bonchev–Trinajstić information content (AvgIpc) is 2.23. The second-order valence-corrected chi connectivity index (χ2v) is 5.19. The summed E-state index contributed by atoms with van der Waals surface area (Å²) in [6.45, 7) is 4.56. The van der Waals surface area contributed by atoms with Crippen LogP contribution in [0.3, 0.4) is 0 Å². The third-order valence-corrected chi connectivity index (χ3v) is 4.09. The molecule has 1 aromatic carbocycles. The molecule has 1 aliphatic rings. The molecule has 1 N–H and O–H groups in total. The number of benzene rings is 1. The molecule has 1 heterocycles. The van der Waals surface area contributed by atoms with Crippen molar-refractivity contribution >= 4 is 11.8 Å². The molecule has 14 heavy (non-hydrogen) atoms. The number of nitrogens with one attached hydrogen (secondary N) is 1. The Balaban J connectivity index is 1.99. The standard InChI is InChI=1S/C12H17NS/c1-10-5-2-3-7-12(10)14-11-6-4-8-13-9-11/h2-3,5,7,11,13H,4,6,8-9H2,1H3. The highest BCUT2D eigenvalue weighted by atomic mass is 32.2. The Morgan fingerprint density at radius 1 is 1.36 bits per heavy atom. The van der Waals surface area contributed by atoms with E-state index in [9.17, 15) is 0 Å². The monoisotopic (exact) mass is 207 g/mol. The van der Waals surface area contributed by atoms with Crippen molar-refractivity contribution in [2.45, 2.75) is 29.9 Å². The minimum Gasteiger partial charge on any atom is -0.316 e. The van der Waals surface area contributed by atoms with E-state index >= 15 is 0 Å². The van der Waals surface area contributed by atoms with E-state index in [1.54, 1.807) is 0 Å². The van der Waals surface area contributed by atoms with E-state index in [4.69, 9.17) is 0 Å². The third-order valence-electron chi connectivity index (χ3n) is 2.64. The maximum Gasteiger partial charge on any atom is 0.0220 e. The lowest BCUT2D eigenvalue weighted by molar-refractivity contribution is 0.531. The van der Waals surface area contributed by atoms with E-state index < -0.39 is 0 Å². The van der Waals surface area contributed by atoms with E-state index in [0.29, 0.717) is 0 Å². The SMILES string of the molecule is Cc1ccccc1SC1CCCNC1. The first-order valence-electron chi connectivity index (χ1n) is 5.29. The smallest absolute Gasteiger partial charge is 0.0220 e. The summed E-state index contributed by atoms with van der Waals surface area (Å²) in [6, 6.07) is 8.66. The maximum absolute atomic E-state index is 3.45. The zero-order valence-corrected chi connectivity index (χ0v) is 9.44. The molecular formula is C12H17NS. The van der Waals surface area contributed by atoms with Crippen molar-refractivity contribution in [3.63, 3.8) is 0 Å². The fraction of sp³-hybridized carbons (Fsp3) is 0.500. The van der Waals surface area contributed by atoms with Crippen molar-refractivity contribution < 1.29 is 0 Å². The van der Waals surface area contributed by atoms with Gasteiger partial charge in [-0.1, -0.05) is 18.2 Å². The highest BCUT2D eigenvalue weighted by Crippen LogP contribution is 2.29. The molecule has 1 aliphatic heterocycles. The van der Waals surface area contributed by atoms with Gasteiger partial charge < -0.3 is 5.32 Å². The second-order valence-electron chi connectivity index (χ2n) is 3.85. The van der Waals surface area contributed by atoms with Crippen LogP contribution in [0.5, 0.6) is 0 Å². The van der Waals surface area contributed by atoms with Crippen LogP contribution >= 0.6 is 11.8 Å². The van der Waals surface area contributed by atoms with Crippen LogP contribution in [0.25, 0.3) is 0 Å². The summed E-state index contributed by atoms with van der Waals surface area (Å²) in [5, 5.41) is 4.22. The van der Waals surface area contributed by atoms with Crippen LogP contribution in [0.4, 0.5) is 0 Å². The molecule has 1 aromatic rings. The Morgan fingerprint density at radius 3 is 2.93 bits per heavy atom. The fourth-order valence-electron chi connectivity index (χ4n) is 1.79. The molecule has 0 aliphatic carbocycles. The van der Waals surface area contributed by atoms with Crippen LogP contribution < -0.4 is 5.32 Å². The summed E-state index contributed by atoms with van der Waals surface area (Å²) in [4.78, 5) is 1.45. The van der Waals surface area contributed by atoms with Crippen molar-refractivity contribution in [1.29, 1.82) is 0 Å². The van der Waals surface area contributed by atoms with Crippen LogP contribution in [-0.4, -0.2) is 18.3 Å². The molecule has 76 valence electrons. The summed E-state index contributed by atoms with van der Waals surface area (Å²) < 4.78 is 0. The largest absolute Gasteiger partial charge is 0.316 e. The number of thioether (sulfide) groups is 1. The molecular weight excluding hydrogens is 190 g/mol. The molecule has 0 saturated carbocycles. The minimum absolute atomic E-state index is 0.768. The molecule has 1 atom stereocenters. The lowest BCUT2D eigenvalue weighted by atomic mass is 10.2. The first-order chi connectivity index (χ1) is 6.86. The van der Waals surface area contributed by atoms with Gasteiger partial charge in [0.2, 0.25) is 0 Å². The molecule has 2 heteroatoms. The predicted molar refractivity (Wildman–Crippen MR) is 62.9 cm³/mol. The van der Waals surface area contributed by atoms with E-state index in [1.807, 2.05) is 11.8 Å². The average molecular weight is 207 g/mol. The first kappa shape index (κ1) is 10.1. The lowest BCUT2D eigenvalue weighted by Crippen LogP contribution is -2.31. The number of aryl methyl sites for hydroxylation is 1. The maximum atomic E-state index is 3.45. The molecule has 0 spiro atoms. The third kappa shape index (κ3) is 2.52. The number of hydrogen-bond donors (Lipinski definition) is 1. The zero-order valence-electron chi connectivity index (χ0n) is 8.62. The van der Waals surface area contributed by atoms with Gasteiger partial charge in [-0.15, -0.1) is 11.8 Å². The molecule has 1 saturated heterocycles. The van der Waals surface area contributed by atoms with Crippen LogP contribution in [0.15, 0.2) is 29.2 Å². The van der Waals surface area contributed by atoms with E-state index in [1.165, 1.54) is 36.4 Å². The van der Waals surface area contributed by atoms with Gasteiger partial charge >= 0.3 is 0 Å². The van der Waals surface area contributed by atoms with Crippen molar-refractivity contribution in [3.8, 4) is 0 Å². The summed E-state index contributed by atoms with van der Waals surface area (Å²) in [5.41, 5.74) is 1.41. The van der Waals surface area contributed by atoms with Crippen molar-refractivity contribution in [3.05, 3.63) is 29.8 Å². The Morgan fingerprint density at radius 2 is 2.21 bits per heavy atom. The Labute approximate surface area is 90.3 Å². The van der Waals surface area contributed by atoms with Crippen LogP contribution in [0.2, 0.25) is 0 Å². The van der Waals surface area contributed by atoms with Crippen LogP contribution in [-0.2, 0) is 0 Å². The number of rotatable bonds is 2. The highest BCUT2D eigenvalue weighted by molar-refractivity contribution is 8.00.